The van der Waals surface area contributed by atoms with Gasteiger partial charge in [0.25, 0.3) is 0 Å². The molecular formula is C16H32N2O. The van der Waals surface area contributed by atoms with E-state index in [-0.39, 0.29) is 0 Å². The molecule has 0 unspecified atom stereocenters. The normalized spacial score (nSPS) is 16.8. The molecule has 1 N–H and O–H groups in total. The molecule has 1 aliphatic heterocycles. The Morgan fingerprint density at radius 3 is 2.47 bits per heavy atom. The van der Waals surface area contributed by atoms with Crippen LogP contribution >= 0.6 is 0 Å². The van der Waals surface area contributed by atoms with Crippen LogP contribution in [0.3, 0.4) is 0 Å². The maximum atomic E-state index is 12.3. The molecule has 0 spiro atoms. The molecule has 0 saturated carbocycles. The van der Waals surface area contributed by atoms with Gasteiger partial charge >= 0.3 is 0 Å². The van der Waals surface area contributed by atoms with Crippen molar-refractivity contribution in [2.45, 2.75) is 71.8 Å². The molecule has 0 aliphatic carbocycles. The molecule has 112 valence electrons. The van der Waals surface area contributed by atoms with Crippen LogP contribution in [0, 0.1) is 5.92 Å². The topological polar surface area (TPSA) is 32.3 Å². The fourth-order valence-corrected chi connectivity index (χ4v) is 2.79. The van der Waals surface area contributed by atoms with Gasteiger partial charge in [-0.15, -0.1) is 0 Å². The highest BCUT2D eigenvalue weighted by Gasteiger charge is 2.22. The highest BCUT2D eigenvalue weighted by molar-refractivity contribution is 5.76. The van der Waals surface area contributed by atoms with Crippen LogP contribution in [0.2, 0.25) is 0 Å². The Hall–Kier alpha value is -0.570. The molecule has 0 aromatic heterocycles. The molecule has 1 heterocycles. The van der Waals surface area contributed by atoms with E-state index in [0.29, 0.717) is 17.9 Å². The second kappa shape index (κ2) is 9.35. The van der Waals surface area contributed by atoms with E-state index in [2.05, 4.69) is 31.0 Å². The quantitative estimate of drug-likeness (QED) is 0.686. The van der Waals surface area contributed by atoms with Crippen LogP contribution in [-0.4, -0.2) is 36.5 Å². The van der Waals surface area contributed by atoms with Crippen molar-refractivity contribution in [3.63, 3.8) is 0 Å². The van der Waals surface area contributed by atoms with Crippen LogP contribution in [0.5, 0.6) is 0 Å². The third-order valence-corrected chi connectivity index (χ3v) is 4.10. The molecule has 0 atom stereocenters. The maximum absolute atomic E-state index is 12.3. The number of nitrogens with zero attached hydrogens (tertiary/aromatic N) is 1. The minimum atomic E-state index is 0.341. The van der Waals surface area contributed by atoms with Crippen LogP contribution in [0.1, 0.15) is 65.7 Å². The molecular weight excluding hydrogens is 236 g/mol. The Morgan fingerprint density at radius 2 is 1.89 bits per heavy atom. The highest BCUT2D eigenvalue weighted by Crippen LogP contribution is 2.16. The van der Waals surface area contributed by atoms with E-state index >= 15 is 0 Å². The van der Waals surface area contributed by atoms with Gasteiger partial charge < -0.3 is 10.2 Å². The summed E-state index contributed by atoms with van der Waals surface area (Å²) in [6, 6.07) is 0.341. The lowest BCUT2D eigenvalue weighted by atomic mass is 9.96. The lowest BCUT2D eigenvalue weighted by Gasteiger charge is -2.33. The largest absolute Gasteiger partial charge is 0.340 e. The van der Waals surface area contributed by atoms with Crippen LogP contribution < -0.4 is 5.32 Å². The monoisotopic (exact) mass is 268 g/mol. The van der Waals surface area contributed by atoms with E-state index in [9.17, 15) is 4.79 Å². The van der Waals surface area contributed by atoms with Gasteiger partial charge in [-0.2, -0.15) is 0 Å². The van der Waals surface area contributed by atoms with Crippen molar-refractivity contribution in [2.24, 2.45) is 5.92 Å². The number of hydrogen-bond acceptors (Lipinski definition) is 2. The van der Waals surface area contributed by atoms with E-state index in [0.717, 1.165) is 32.5 Å². The summed E-state index contributed by atoms with van der Waals surface area (Å²) in [6.07, 6.45) is 7.91. The standard InChI is InChI=1S/C16H32N2O/c1-4-5-6-7-8-16(19)18(14(2)3)13-15-9-11-17-12-10-15/h14-15,17H,4-13H2,1-3H3. The molecule has 3 nitrogen and oxygen atoms in total. The van der Waals surface area contributed by atoms with Crippen molar-refractivity contribution in [3.05, 3.63) is 0 Å². The first-order valence-electron chi connectivity index (χ1n) is 8.15. The number of nitrogens with one attached hydrogen (secondary N) is 1. The third-order valence-electron chi connectivity index (χ3n) is 4.10. The summed E-state index contributed by atoms with van der Waals surface area (Å²) >= 11 is 0. The first-order valence-corrected chi connectivity index (χ1v) is 8.15. The highest BCUT2D eigenvalue weighted by atomic mass is 16.2. The number of rotatable bonds is 8. The van der Waals surface area contributed by atoms with Gasteiger partial charge in [0.05, 0.1) is 0 Å². The summed E-state index contributed by atoms with van der Waals surface area (Å²) in [7, 11) is 0. The Bertz CT molecular complexity index is 247. The van der Waals surface area contributed by atoms with Crippen LogP contribution in [0.15, 0.2) is 0 Å². The molecule has 1 fully saturated rings. The van der Waals surface area contributed by atoms with Gasteiger partial charge in [0.15, 0.2) is 0 Å². The van der Waals surface area contributed by atoms with Crippen molar-refractivity contribution in [1.29, 1.82) is 0 Å². The third kappa shape index (κ3) is 6.42. The zero-order valence-corrected chi connectivity index (χ0v) is 13.1. The predicted octanol–water partition coefficient (Wildman–Crippen LogP) is 3.19. The Balaban J connectivity index is 2.35. The fraction of sp³-hybridized carbons (Fsp3) is 0.938. The lowest BCUT2D eigenvalue weighted by Crippen LogP contribution is -2.42. The number of amides is 1. The first-order chi connectivity index (χ1) is 9.15. The van der Waals surface area contributed by atoms with Crippen molar-refractivity contribution < 1.29 is 4.79 Å². The van der Waals surface area contributed by atoms with Gasteiger partial charge in [-0.1, -0.05) is 26.2 Å². The summed E-state index contributed by atoms with van der Waals surface area (Å²) in [5.41, 5.74) is 0. The van der Waals surface area contributed by atoms with E-state index in [4.69, 9.17) is 0 Å². The Labute approximate surface area is 119 Å². The minimum absolute atomic E-state index is 0.341. The van der Waals surface area contributed by atoms with Gasteiger partial charge in [-0.05, 0) is 52.1 Å². The first kappa shape index (κ1) is 16.5. The van der Waals surface area contributed by atoms with Gasteiger partial charge in [-0.25, -0.2) is 0 Å². The number of piperidine rings is 1. The summed E-state index contributed by atoms with van der Waals surface area (Å²) in [5, 5.41) is 3.39. The van der Waals surface area contributed by atoms with Crippen LogP contribution in [0.25, 0.3) is 0 Å². The SMILES string of the molecule is CCCCCCC(=O)N(CC1CCNCC1)C(C)C. The molecule has 1 amide bonds. The molecule has 0 aromatic carbocycles. The minimum Gasteiger partial charge on any atom is -0.340 e. The van der Waals surface area contributed by atoms with Crippen molar-refractivity contribution in [1.82, 2.24) is 10.2 Å². The molecule has 1 aliphatic rings. The Kier molecular flexibility index (Phi) is 8.11. The average Bonchev–Trinajstić information content (AvgIpc) is 2.41. The number of carbonyl (C=O) groups is 1. The molecule has 1 saturated heterocycles. The molecule has 1 rings (SSSR count). The van der Waals surface area contributed by atoms with E-state index < -0.39 is 0 Å². The zero-order chi connectivity index (χ0) is 14.1. The fourth-order valence-electron chi connectivity index (χ4n) is 2.79. The zero-order valence-electron chi connectivity index (χ0n) is 13.1. The molecule has 0 bridgehead atoms. The summed E-state index contributed by atoms with van der Waals surface area (Å²) in [4.78, 5) is 14.4. The summed E-state index contributed by atoms with van der Waals surface area (Å²) in [5.74, 6) is 1.06. The van der Waals surface area contributed by atoms with Gasteiger partial charge in [0, 0.05) is 19.0 Å². The predicted molar refractivity (Wildman–Crippen MR) is 81.2 cm³/mol. The summed E-state index contributed by atoms with van der Waals surface area (Å²) in [6.45, 7) is 9.68. The van der Waals surface area contributed by atoms with Crippen molar-refractivity contribution in [2.75, 3.05) is 19.6 Å². The van der Waals surface area contributed by atoms with Crippen LogP contribution in [0.4, 0.5) is 0 Å². The number of hydrogen-bond donors (Lipinski definition) is 1. The van der Waals surface area contributed by atoms with Gasteiger partial charge in [0.1, 0.15) is 0 Å². The maximum Gasteiger partial charge on any atom is 0.222 e. The Morgan fingerprint density at radius 1 is 1.21 bits per heavy atom. The smallest absolute Gasteiger partial charge is 0.222 e. The van der Waals surface area contributed by atoms with E-state index in [1.165, 1.54) is 32.1 Å². The van der Waals surface area contributed by atoms with Gasteiger partial charge in [-0.3, -0.25) is 4.79 Å². The average molecular weight is 268 g/mol. The lowest BCUT2D eigenvalue weighted by molar-refractivity contribution is -0.133. The molecule has 3 heteroatoms. The second-order valence-electron chi connectivity index (χ2n) is 6.14. The second-order valence-corrected chi connectivity index (χ2v) is 6.14. The number of carbonyl (C=O) groups excluding carboxylic acids is 1. The van der Waals surface area contributed by atoms with Gasteiger partial charge in [0.2, 0.25) is 5.91 Å². The molecule has 0 radical (unpaired) electrons. The van der Waals surface area contributed by atoms with Crippen molar-refractivity contribution in [3.8, 4) is 0 Å². The summed E-state index contributed by atoms with van der Waals surface area (Å²) < 4.78 is 0. The van der Waals surface area contributed by atoms with Crippen molar-refractivity contribution >= 4 is 5.91 Å². The van der Waals surface area contributed by atoms with E-state index in [1.54, 1.807) is 0 Å². The van der Waals surface area contributed by atoms with E-state index in [1.807, 2.05) is 0 Å². The molecule has 19 heavy (non-hydrogen) atoms. The molecule has 0 aromatic rings. The van der Waals surface area contributed by atoms with Crippen LogP contribution in [-0.2, 0) is 4.79 Å². The number of unbranched alkanes of at least 4 members (excludes halogenated alkanes) is 3.